The first-order valence-electron chi connectivity index (χ1n) is 5.56. The molecule has 0 radical (unpaired) electrons. The molecule has 2 aliphatic heterocycles. The van der Waals surface area contributed by atoms with E-state index >= 15 is 0 Å². The molecule has 3 aliphatic rings. The molecular weight excluding hydrogens is 201 g/mol. The molecule has 3 fully saturated rings. The SMILES string of the molecule is C1CC2(CCN(C[C-]3CC3)CC2)O1.[K+]. The molecule has 0 amide bonds. The molecule has 0 unspecified atom stereocenters. The van der Waals surface area contributed by atoms with Crippen LogP contribution in [0.5, 0.6) is 0 Å². The van der Waals surface area contributed by atoms with Gasteiger partial charge in [-0.15, -0.1) is 6.54 Å². The summed E-state index contributed by atoms with van der Waals surface area (Å²) >= 11 is 0. The number of rotatable bonds is 2. The van der Waals surface area contributed by atoms with E-state index in [1.54, 1.807) is 5.92 Å². The molecule has 74 valence electrons. The van der Waals surface area contributed by atoms with Crippen molar-refractivity contribution in [3.63, 3.8) is 0 Å². The van der Waals surface area contributed by atoms with Gasteiger partial charge in [0.2, 0.25) is 0 Å². The second kappa shape index (κ2) is 4.82. The molecule has 0 N–H and O–H groups in total. The fraction of sp³-hybridized carbons (Fsp3) is 0.909. The van der Waals surface area contributed by atoms with Gasteiger partial charge in [-0.2, -0.15) is 0 Å². The number of piperidine rings is 1. The Kier molecular flexibility index (Phi) is 4.14. The Morgan fingerprint density at radius 1 is 1.14 bits per heavy atom. The predicted octanol–water partition coefficient (Wildman–Crippen LogP) is -1.39. The Morgan fingerprint density at radius 3 is 2.21 bits per heavy atom. The maximum atomic E-state index is 5.69. The van der Waals surface area contributed by atoms with E-state index in [-0.39, 0.29) is 51.4 Å². The molecule has 2 heterocycles. The molecule has 1 saturated carbocycles. The molecule has 2 saturated heterocycles. The van der Waals surface area contributed by atoms with Crippen molar-refractivity contribution in [2.75, 3.05) is 26.2 Å². The average Bonchev–Trinajstić information content (AvgIpc) is 2.87. The summed E-state index contributed by atoms with van der Waals surface area (Å²) in [6.07, 6.45) is 6.67. The van der Waals surface area contributed by atoms with Gasteiger partial charge in [0, 0.05) is 0 Å². The standard InChI is InChI=1S/C11H18NO.K/c1-2-10(1)9-12-6-3-11(4-7-12)5-8-13-11;/h1-9H2;/q-1;+1. The zero-order valence-corrected chi connectivity index (χ0v) is 12.3. The van der Waals surface area contributed by atoms with Crippen molar-refractivity contribution in [3.05, 3.63) is 5.92 Å². The minimum Gasteiger partial charge on any atom is -0.375 e. The van der Waals surface area contributed by atoms with Crippen LogP contribution in [-0.2, 0) is 4.74 Å². The first-order valence-corrected chi connectivity index (χ1v) is 5.56. The van der Waals surface area contributed by atoms with E-state index in [0.29, 0.717) is 5.60 Å². The van der Waals surface area contributed by atoms with Gasteiger partial charge in [0.1, 0.15) is 0 Å². The first kappa shape index (κ1) is 12.0. The van der Waals surface area contributed by atoms with Gasteiger partial charge >= 0.3 is 51.4 Å². The van der Waals surface area contributed by atoms with Crippen LogP contribution in [0.4, 0.5) is 0 Å². The minimum absolute atomic E-state index is 0. The van der Waals surface area contributed by atoms with Crippen LogP contribution >= 0.6 is 0 Å². The first-order chi connectivity index (χ1) is 6.36. The Morgan fingerprint density at radius 2 is 1.79 bits per heavy atom. The molecule has 0 aromatic heterocycles. The normalized spacial score (nSPS) is 30.9. The van der Waals surface area contributed by atoms with Crippen molar-refractivity contribution in [3.8, 4) is 0 Å². The van der Waals surface area contributed by atoms with E-state index in [1.165, 1.54) is 51.7 Å². The second-order valence-corrected chi connectivity index (χ2v) is 4.81. The molecule has 0 aromatic rings. The number of ether oxygens (including phenoxy) is 1. The van der Waals surface area contributed by atoms with Gasteiger partial charge < -0.3 is 15.6 Å². The molecular formula is C11H18KNO. The van der Waals surface area contributed by atoms with E-state index in [1.807, 2.05) is 0 Å². The van der Waals surface area contributed by atoms with Crippen LogP contribution in [0.25, 0.3) is 0 Å². The van der Waals surface area contributed by atoms with Crippen molar-refractivity contribution < 1.29 is 56.1 Å². The summed E-state index contributed by atoms with van der Waals surface area (Å²) < 4.78 is 5.69. The summed E-state index contributed by atoms with van der Waals surface area (Å²) in [5.41, 5.74) is 0.338. The van der Waals surface area contributed by atoms with Gasteiger partial charge in [0.25, 0.3) is 0 Å². The van der Waals surface area contributed by atoms with Crippen molar-refractivity contribution in [1.82, 2.24) is 4.90 Å². The Labute approximate surface area is 129 Å². The van der Waals surface area contributed by atoms with Gasteiger partial charge in [-0.25, -0.2) is 12.8 Å². The third-order valence-electron chi connectivity index (χ3n) is 3.78. The zero-order chi connectivity index (χ0) is 8.73. The second-order valence-electron chi connectivity index (χ2n) is 4.81. The van der Waals surface area contributed by atoms with Crippen LogP contribution < -0.4 is 51.4 Å². The molecule has 3 rings (SSSR count). The molecule has 3 heteroatoms. The molecule has 0 atom stereocenters. The fourth-order valence-electron chi connectivity index (χ4n) is 2.47. The molecule has 1 spiro atoms. The molecule has 0 bridgehead atoms. The zero-order valence-electron chi connectivity index (χ0n) is 9.22. The number of hydrogen-bond donors (Lipinski definition) is 0. The summed E-state index contributed by atoms with van der Waals surface area (Å²) in [6.45, 7) is 4.83. The number of hydrogen-bond acceptors (Lipinski definition) is 2. The summed E-state index contributed by atoms with van der Waals surface area (Å²) in [5.74, 6) is 1.77. The minimum atomic E-state index is 0. The van der Waals surface area contributed by atoms with E-state index in [4.69, 9.17) is 4.74 Å². The van der Waals surface area contributed by atoms with Crippen molar-refractivity contribution in [2.45, 2.75) is 37.7 Å². The van der Waals surface area contributed by atoms with Gasteiger partial charge in [-0.1, -0.05) is 0 Å². The maximum Gasteiger partial charge on any atom is 1.00 e. The maximum absolute atomic E-state index is 5.69. The van der Waals surface area contributed by atoms with Gasteiger partial charge in [0.15, 0.2) is 0 Å². The van der Waals surface area contributed by atoms with Crippen molar-refractivity contribution in [1.29, 1.82) is 0 Å². The molecule has 2 nitrogen and oxygen atoms in total. The number of nitrogens with zero attached hydrogens (tertiary/aromatic N) is 1. The van der Waals surface area contributed by atoms with Crippen LogP contribution in [0.3, 0.4) is 0 Å². The van der Waals surface area contributed by atoms with Crippen LogP contribution in [0.2, 0.25) is 0 Å². The van der Waals surface area contributed by atoms with Crippen LogP contribution in [0, 0.1) is 5.92 Å². The summed E-state index contributed by atoms with van der Waals surface area (Å²) in [5, 5.41) is 0. The van der Waals surface area contributed by atoms with Crippen LogP contribution in [0.1, 0.15) is 32.1 Å². The Balaban J connectivity index is 0.000000750. The fourth-order valence-corrected chi connectivity index (χ4v) is 2.47. The van der Waals surface area contributed by atoms with Crippen molar-refractivity contribution in [2.24, 2.45) is 0 Å². The smallest absolute Gasteiger partial charge is 0.375 e. The largest absolute Gasteiger partial charge is 1.00 e. The third kappa shape index (κ3) is 2.62. The Bertz CT molecular complexity index is 191. The van der Waals surface area contributed by atoms with Gasteiger partial charge in [-0.3, -0.25) is 0 Å². The van der Waals surface area contributed by atoms with Gasteiger partial charge in [0.05, 0.1) is 12.2 Å². The van der Waals surface area contributed by atoms with Gasteiger partial charge in [-0.05, 0) is 32.4 Å². The Hall–Kier alpha value is 1.56. The topological polar surface area (TPSA) is 12.5 Å². The third-order valence-corrected chi connectivity index (χ3v) is 3.78. The molecule has 0 aromatic carbocycles. The monoisotopic (exact) mass is 219 g/mol. The average molecular weight is 219 g/mol. The van der Waals surface area contributed by atoms with E-state index in [2.05, 4.69) is 4.90 Å². The van der Waals surface area contributed by atoms with E-state index < -0.39 is 0 Å². The van der Waals surface area contributed by atoms with E-state index in [9.17, 15) is 0 Å². The van der Waals surface area contributed by atoms with Crippen LogP contribution in [-0.4, -0.2) is 36.7 Å². The van der Waals surface area contributed by atoms with Crippen molar-refractivity contribution >= 4 is 0 Å². The summed E-state index contributed by atoms with van der Waals surface area (Å²) in [6, 6.07) is 0. The molecule has 14 heavy (non-hydrogen) atoms. The summed E-state index contributed by atoms with van der Waals surface area (Å²) in [7, 11) is 0. The van der Waals surface area contributed by atoms with Crippen LogP contribution in [0.15, 0.2) is 0 Å². The number of likely N-dealkylation sites (tertiary alicyclic amines) is 1. The predicted molar refractivity (Wildman–Crippen MR) is 51.5 cm³/mol. The molecule has 1 aliphatic carbocycles. The quantitative estimate of drug-likeness (QED) is 0.419. The summed E-state index contributed by atoms with van der Waals surface area (Å²) in [4.78, 5) is 2.61. The van der Waals surface area contributed by atoms with E-state index in [0.717, 1.165) is 6.61 Å².